The SMILES string of the molecule is CC1(C)C2C[C@@H]1CC=C2CN1CCC(NC(=O)Nc2ccc(Cl)cc2)CC1. The Labute approximate surface area is 167 Å². The average Bonchev–Trinajstić information content (AvgIpc) is 2.65. The standard InChI is InChI=1S/C22H30ClN3O/c1-22(2)16-4-3-15(20(22)13-16)14-26-11-9-19(10-12-26)25-21(27)24-18-7-5-17(23)6-8-18/h3,5-8,16,19-20H,4,9-14H2,1-2H3,(H2,24,25,27)/t16-,20?/m0/s1. The van der Waals surface area contributed by atoms with E-state index in [2.05, 4.69) is 35.5 Å². The van der Waals surface area contributed by atoms with Crippen molar-refractivity contribution >= 4 is 23.3 Å². The molecule has 0 aromatic heterocycles. The Morgan fingerprint density at radius 1 is 1.22 bits per heavy atom. The normalized spacial score (nSPS) is 27.4. The number of carbonyl (C=O) groups is 1. The summed E-state index contributed by atoms with van der Waals surface area (Å²) in [5.41, 5.74) is 2.93. The molecule has 2 fully saturated rings. The minimum absolute atomic E-state index is 0.131. The largest absolute Gasteiger partial charge is 0.335 e. The minimum Gasteiger partial charge on any atom is -0.335 e. The van der Waals surface area contributed by atoms with Crippen molar-refractivity contribution in [2.45, 2.75) is 45.6 Å². The van der Waals surface area contributed by atoms with E-state index in [1.807, 2.05) is 12.1 Å². The Hall–Kier alpha value is -1.52. The van der Waals surface area contributed by atoms with Crippen LogP contribution in [0.2, 0.25) is 5.02 Å². The van der Waals surface area contributed by atoms with Crippen molar-refractivity contribution in [2.75, 3.05) is 25.0 Å². The molecular weight excluding hydrogens is 358 g/mol. The lowest BCUT2D eigenvalue weighted by molar-refractivity contribution is -0.0113. The number of piperidine rings is 1. The Balaban J connectivity index is 1.22. The number of benzene rings is 1. The van der Waals surface area contributed by atoms with Crippen LogP contribution < -0.4 is 10.6 Å². The molecular formula is C22H30ClN3O. The maximum Gasteiger partial charge on any atom is 0.319 e. The summed E-state index contributed by atoms with van der Waals surface area (Å²) in [6.45, 7) is 8.10. The van der Waals surface area contributed by atoms with E-state index in [1.54, 1.807) is 17.7 Å². The smallest absolute Gasteiger partial charge is 0.319 e. The highest BCUT2D eigenvalue weighted by Gasteiger charge is 2.51. The molecule has 1 aromatic rings. The second-order valence-corrected chi connectivity index (χ2v) is 9.41. The van der Waals surface area contributed by atoms with E-state index in [0.29, 0.717) is 10.4 Å². The Morgan fingerprint density at radius 2 is 1.93 bits per heavy atom. The molecule has 4 aliphatic rings. The van der Waals surface area contributed by atoms with Gasteiger partial charge in [-0.3, -0.25) is 4.90 Å². The van der Waals surface area contributed by atoms with Crippen LogP contribution in [0.3, 0.4) is 0 Å². The first kappa shape index (κ1) is 18.8. The number of hydrogen-bond acceptors (Lipinski definition) is 2. The predicted octanol–water partition coefficient (Wildman–Crippen LogP) is 4.92. The molecule has 0 radical (unpaired) electrons. The van der Waals surface area contributed by atoms with Gasteiger partial charge in [-0.15, -0.1) is 0 Å². The number of rotatable bonds is 4. The van der Waals surface area contributed by atoms with Crippen LogP contribution >= 0.6 is 11.6 Å². The van der Waals surface area contributed by atoms with Crippen molar-refractivity contribution in [1.82, 2.24) is 10.2 Å². The number of allylic oxidation sites excluding steroid dienone is 1. The van der Waals surface area contributed by atoms with E-state index in [1.165, 1.54) is 12.8 Å². The quantitative estimate of drug-likeness (QED) is 0.720. The minimum atomic E-state index is -0.131. The van der Waals surface area contributed by atoms with Crippen LogP contribution in [0.5, 0.6) is 0 Å². The Bertz CT molecular complexity index is 720. The molecule has 2 amide bonds. The molecule has 1 unspecified atom stereocenters. The van der Waals surface area contributed by atoms with Crippen LogP contribution in [-0.4, -0.2) is 36.6 Å². The molecule has 2 atom stereocenters. The highest BCUT2D eigenvalue weighted by atomic mass is 35.5. The molecule has 1 saturated carbocycles. The van der Waals surface area contributed by atoms with Crippen LogP contribution in [0.15, 0.2) is 35.9 Å². The van der Waals surface area contributed by atoms with E-state index >= 15 is 0 Å². The van der Waals surface area contributed by atoms with Crippen LogP contribution in [0.25, 0.3) is 0 Å². The van der Waals surface area contributed by atoms with Crippen molar-refractivity contribution < 1.29 is 4.79 Å². The molecule has 0 spiro atoms. The van der Waals surface area contributed by atoms with Gasteiger partial charge in [0.05, 0.1) is 0 Å². The van der Waals surface area contributed by atoms with Gasteiger partial charge in [-0.05, 0) is 67.2 Å². The van der Waals surface area contributed by atoms with Gasteiger partial charge in [0.2, 0.25) is 0 Å². The first-order valence-electron chi connectivity index (χ1n) is 10.2. The van der Waals surface area contributed by atoms with Gasteiger partial charge >= 0.3 is 6.03 Å². The molecule has 146 valence electrons. The Kier molecular flexibility index (Phi) is 5.21. The third-order valence-electron chi connectivity index (χ3n) is 7.01. The topological polar surface area (TPSA) is 44.4 Å². The van der Waals surface area contributed by atoms with Crippen molar-refractivity contribution in [1.29, 1.82) is 0 Å². The second kappa shape index (κ2) is 7.48. The van der Waals surface area contributed by atoms with E-state index in [-0.39, 0.29) is 12.1 Å². The van der Waals surface area contributed by atoms with Gasteiger partial charge in [0.25, 0.3) is 0 Å². The number of likely N-dealkylation sites (tertiary alicyclic amines) is 1. The van der Waals surface area contributed by atoms with Gasteiger partial charge < -0.3 is 10.6 Å². The predicted molar refractivity (Wildman–Crippen MR) is 111 cm³/mol. The number of urea groups is 1. The molecule has 4 nitrogen and oxygen atoms in total. The summed E-state index contributed by atoms with van der Waals surface area (Å²) in [6.07, 6.45) is 7.19. The summed E-state index contributed by atoms with van der Waals surface area (Å²) in [5, 5.41) is 6.66. The molecule has 27 heavy (non-hydrogen) atoms. The summed E-state index contributed by atoms with van der Waals surface area (Å²) >= 11 is 5.88. The van der Waals surface area contributed by atoms with Gasteiger partial charge in [-0.1, -0.05) is 37.1 Å². The number of hydrogen-bond donors (Lipinski definition) is 2. The number of anilines is 1. The fourth-order valence-electron chi connectivity index (χ4n) is 5.04. The second-order valence-electron chi connectivity index (χ2n) is 8.98. The van der Waals surface area contributed by atoms with E-state index in [9.17, 15) is 4.79 Å². The lowest BCUT2D eigenvalue weighted by Crippen LogP contribution is -2.51. The number of halogens is 1. The number of fused-ring (bicyclic) bond motifs is 1. The van der Waals surface area contributed by atoms with Crippen LogP contribution in [0, 0.1) is 17.3 Å². The maximum atomic E-state index is 12.2. The number of carbonyl (C=O) groups excluding carboxylic acids is 1. The molecule has 2 bridgehead atoms. The van der Waals surface area contributed by atoms with Crippen molar-refractivity contribution in [3.8, 4) is 0 Å². The van der Waals surface area contributed by atoms with E-state index in [4.69, 9.17) is 11.6 Å². The lowest BCUT2D eigenvalue weighted by Gasteiger charge is -2.57. The van der Waals surface area contributed by atoms with E-state index < -0.39 is 0 Å². The first-order valence-corrected chi connectivity index (χ1v) is 10.5. The molecule has 1 saturated heterocycles. The highest BCUT2D eigenvalue weighted by Crippen LogP contribution is 2.59. The van der Waals surface area contributed by atoms with Crippen LogP contribution in [0.4, 0.5) is 10.5 Å². The molecule has 2 N–H and O–H groups in total. The molecule has 5 rings (SSSR count). The number of nitrogens with zero attached hydrogens (tertiary/aromatic N) is 1. The van der Waals surface area contributed by atoms with Crippen molar-refractivity contribution in [2.24, 2.45) is 17.3 Å². The molecule has 1 aliphatic heterocycles. The highest BCUT2D eigenvalue weighted by molar-refractivity contribution is 6.30. The van der Waals surface area contributed by atoms with Crippen molar-refractivity contribution in [3.05, 3.63) is 40.9 Å². The lowest BCUT2D eigenvalue weighted by atomic mass is 9.49. The summed E-state index contributed by atoms with van der Waals surface area (Å²) < 4.78 is 0. The summed E-state index contributed by atoms with van der Waals surface area (Å²) in [4.78, 5) is 14.8. The van der Waals surface area contributed by atoms with Gasteiger partial charge in [0.1, 0.15) is 0 Å². The molecule has 3 aliphatic carbocycles. The number of nitrogens with one attached hydrogen (secondary N) is 2. The zero-order chi connectivity index (χ0) is 19.0. The summed E-state index contributed by atoms with van der Waals surface area (Å²) in [5.74, 6) is 1.69. The van der Waals surface area contributed by atoms with E-state index in [0.717, 1.165) is 50.0 Å². The first-order chi connectivity index (χ1) is 12.9. The molecule has 1 aromatic carbocycles. The monoisotopic (exact) mass is 387 g/mol. The summed E-state index contributed by atoms with van der Waals surface area (Å²) in [6, 6.07) is 7.30. The van der Waals surface area contributed by atoms with Crippen LogP contribution in [0.1, 0.15) is 39.5 Å². The fraction of sp³-hybridized carbons (Fsp3) is 0.591. The third-order valence-corrected chi connectivity index (χ3v) is 7.27. The molecule has 1 heterocycles. The van der Waals surface area contributed by atoms with Gasteiger partial charge in [-0.2, -0.15) is 0 Å². The zero-order valence-corrected chi connectivity index (χ0v) is 17.1. The van der Waals surface area contributed by atoms with Crippen LogP contribution in [-0.2, 0) is 0 Å². The zero-order valence-electron chi connectivity index (χ0n) is 16.3. The fourth-order valence-corrected chi connectivity index (χ4v) is 5.16. The average molecular weight is 388 g/mol. The summed E-state index contributed by atoms with van der Waals surface area (Å²) in [7, 11) is 0. The van der Waals surface area contributed by atoms with Gasteiger partial charge in [-0.25, -0.2) is 4.79 Å². The maximum absolute atomic E-state index is 12.2. The number of amides is 2. The Morgan fingerprint density at radius 3 is 2.56 bits per heavy atom. The van der Waals surface area contributed by atoms with Gasteiger partial charge in [0.15, 0.2) is 0 Å². The van der Waals surface area contributed by atoms with Gasteiger partial charge in [0, 0.05) is 36.4 Å². The molecule has 5 heteroatoms. The third kappa shape index (κ3) is 4.02. The van der Waals surface area contributed by atoms with Crippen molar-refractivity contribution in [3.63, 3.8) is 0 Å².